The number of aliphatic carboxylic acids is 1. The maximum atomic E-state index is 11.8. The summed E-state index contributed by atoms with van der Waals surface area (Å²) in [5.41, 5.74) is 4.68. The van der Waals surface area contributed by atoms with Crippen LogP contribution in [0.5, 0.6) is 0 Å². The van der Waals surface area contributed by atoms with Crippen molar-refractivity contribution in [2.75, 3.05) is 0 Å². The van der Waals surface area contributed by atoms with Crippen LogP contribution in [0.4, 0.5) is 0 Å². The molecule has 0 saturated heterocycles. The Bertz CT molecular complexity index is 786. The Morgan fingerprint density at radius 2 is 2.05 bits per heavy atom. The van der Waals surface area contributed by atoms with E-state index in [0.29, 0.717) is 19.3 Å². The Morgan fingerprint density at radius 3 is 2.68 bits per heavy atom. The van der Waals surface area contributed by atoms with Crippen LogP contribution >= 0.6 is 0 Å². The Hall–Kier alpha value is -1.83. The summed E-state index contributed by atoms with van der Waals surface area (Å²) >= 11 is 0. The number of carboxylic acids is 1. The molecule has 0 aliphatic heterocycles. The zero-order valence-electron chi connectivity index (χ0n) is 13.3. The topological polar surface area (TPSA) is 37.3 Å². The first-order valence-electron chi connectivity index (χ1n) is 8.32. The lowest BCUT2D eigenvalue weighted by Gasteiger charge is -2.21. The van der Waals surface area contributed by atoms with Crippen molar-refractivity contribution in [3.05, 3.63) is 46.5 Å². The van der Waals surface area contributed by atoms with Gasteiger partial charge in [-0.2, -0.15) is 0 Å². The van der Waals surface area contributed by atoms with E-state index in [9.17, 15) is 9.90 Å². The molecule has 1 atom stereocenters. The number of hydrogen-bond donors (Lipinski definition) is 1. The van der Waals surface area contributed by atoms with Crippen molar-refractivity contribution >= 4 is 16.7 Å². The van der Waals surface area contributed by atoms with Crippen LogP contribution in [-0.4, -0.2) is 11.1 Å². The lowest BCUT2D eigenvalue weighted by Crippen LogP contribution is -2.30. The second-order valence-corrected chi connectivity index (χ2v) is 7.19. The van der Waals surface area contributed by atoms with E-state index in [1.165, 1.54) is 45.9 Å². The average molecular weight is 294 g/mol. The molecule has 0 bridgehead atoms. The van der Waals surface area contributed by atoms with Gasteiger partial charge in [-0.1, -0.05) is 31.2 Å². The molecule has 4 rings (SSSR count). The van der Waals surface area contributed by atoms with Crippen molar-refractivity contribution in [3.63, 3.8) is 0 Å². The van der Waals surface area contributed by atoms with Gasteiger partial charge in [0, 0.05) is 0 Å². The number of hydrogen-bond acceptors (Lipinski definition) is 1. The zero-order valence-corrected chi connectivity index (χ0v) is 13.3. The summed E-state index contributed by atoms with van der Waals surface area (Å²) in [6.07, 6.45) is 4.68. The summed E-state index contributed by atoms with van der Waals surface area (Å²) in [4.78, 5) is 11.8. The molecule has 2 aromatic carbocycles. The minimum atomic E-state index is -0.645. The van der Waals surface area contributed by atoms with E-state index in [2.05, 4.69) is 31.2 Å². The molecule has 1 N–H and O–H groups in total. The maximum absolute atomic E-state index is 11.8. The van der Waals surface area contributed by atoms with E-state index < -0.39 is 11.4 Å². The summed E-state index contributed by atoms with van der Waals surface area (Å²) in [6, 6.07) is 9.05. The normalized spacial score (nSPS) is 23.7. The van der Waals surface area contributed by atoms with Gasteiger partial charge >= 0.3 is 5.97 Å². The molecular weight excluding hydrogens is 272 g/mol. The van der Waals surface area contributed by atoms with E-state index in [0.717, 1.165) is 5.92 Å². The lowest BCUT2D eigenvalue weighted by molar-refractivity contribution is -0.148. The Labute approximate surface area is 131 Å². The number of carboxylic acid groups (broad SMARTS) is 1. The predicted octanol–water partition coefficient (Wildman–Crippen LogP) is 4.61. The van der Waals surface area contributed by atoms with Gasteiger partial charge in [-0.25, -0.2) is 0 Å². The third kappa shape index (κ3) is 1.89. The second-order valence-electron chi connectivity index (χ2n) is 7.19. The summed E-state index contributed by atoms with van der Waals surface area (Å²) in [6.45, 7) is 4.17. The molecule has 0 heterocycles. The molecule has 114 valence electrons. The molecular formula is C20H22O2. The first-order valence-corrected chi connectivity index (χ1v) is 8.32. The van der Waals surface area contributed by atoms with Crippen LogP contribution in [0.2, 0.25) is 0 Å². The Balaban J connectivity index is 1.87. The van der Waals surface area contributed by atoms with Crippen molar-refractivity contribution in [2.24, 2.45) is 5.41 Å². The summed E-state index contributed by atoms with van der Waals surface area (Å²) < 4.78 is 0. The minimum Gasteiger partial charge on any atom is -0.481 e. The molecule has 2 heteroatoms. The van der Waals surface area contributed by atoms with Gasteiger partial charge in [-0.05, 0) is 78.0 Å². The first-order chi connectivity index (χ1) is 10.5. The van der Waals surface area contributed by atoms with Gasteiger partial charge in [-0.15, -0.1) is 0 Å². The first kappa shape index (κ1) is 13.8. The van der Waals surface area contributed by atoms with Crippen molar-refractivity contribution in [3.8, 4) is 0 Å². The van der Waals surface area contributed by atoms with Crippen LogP contribution < -0.4 is 0 Å². The molecule has 2 aromatic rings. The van der Waals surface area contributed by atoms with Gasteiger partial charge in [0.2, 0.25) is 0 Å². The number of rotatable bonds is 3. The van der Waals surface area contributed by atoms with Crippen LogP contribution in [-0.2, 0) is 17.6 Å². The average Bonchev–Trinajstić information content (AvgIpc) is 3.28. The fourth-order valence-corrected chi connectivity index (χ4v) is 4.10. The van der Waals surface area contributed by atoms with E-state index in [1.54, 1.807) is 0 Å². The molecule has 1 saturated carbocycles. The van der Waals surface area contributed by atoms with Gasteiger partial charge in [-0.3, -0.25) is 4.79 Å². The van der Waals surface area contributed by atoms with Gasteiger partial charge in [0.15, 0.2) is 0 Å². The smallest absolute Gasteiger partial charge is 0.310 e. The van der Waals surface area contributed by atoms with Gasteiger partial charge in [0.05, 0.1) is 5.41 Å². The molecule has 0 amide bonds. The van der Waals surface area contributed by atoms with Crippen molar-refractivity contribution < 1.29 is 9.90 Å². The van der Waals surface area contributed by atoms with Crippen LogP contribution in [0.15, 0.2) is 24.3 Å². The Morgan fingerprint density at radius 1 is 1.27 bits per heavy atom. The quantitative estimate of drug-likeness (QED) is 0.898. The highest BCUT2D eigenvalue weighted by Crippen LogP contribution is 2.45. The summed E-state index contributed by atoms with van der Waals surface area (Å²) in [5.74, 6) is 0.110. The van der Waals surface area contributed by atoms with Gasteiger partial charge in [0.25, 0.3) is 0 Å². The van der Waals surface area contributed by atoms with Crippen molar-refractivity contribution in [1.29, 1.82) is 0 Å². The van der Waals surface area contributed by atoms with E-state index in [1.807, 2.05) is 6.92 Å². The molecule has 1 unspecified atom stereocenters. The van der Waals surface area contributed by atoms with E-state index >= 15 is 0 Å². The zero-order chi connectivity index (χ0) is 15.5. The van der Waals surface area contributed by atoms with Crippen molar-refractivity contribution in [2.45, 2.75) is 51.9 Å². The summed E-state index contributed by atoms with van der Waals surface area (Å²) in [7, 11) is 0. The standard InChI is InChI=1S/C20H22O2/c1-3-20(19(21)22)10-16-8-15-7-6-14(13-4-5-13)9-17(15)12(2)18(16)11-20/h6-9,13H,3-5,10-11H2,1-2H3,(H,21,22). The summed E-state index contributed by atoms with van der Waals surface area (Å²) in [5, 5.41) is 12.3. The third-order valence-corrected chi connectivity index (χ3v) is 5.87. The fraction of sp³-hybridized carbons (Fsp3) is 0.450. The molecule has 2 aliphatic carbocycles. The lowest BCUT2D eigenvalue weighted by atomic mass is 9.82. The SMILES string of the molecule is CCC1(C(=O)O)Cc2cc3ccc(C4CC4)cc3c(C)c2C1. The number of benzene rings is 2. The number of carbonyl (C=O) groups is 1. The van der Waals surface area contributed by atoms with Crippen LogP contribution in [0.1, 0.15) is 54.4 Å². The molecule has 0 radical (unpaired) electrons. The van der Waals surface area contributed by atoms with Crippen molar-refractivity contribution in [1.82, 2.24) is 0 Å². The van der Waals surface area contributed by atoms with E-state index in [4.69, 9.17) is 0 Å². The van der Waals surface area contributed by atoms with Crippen LogP contribution in [0, 0.1) is 12.3 Å². The highest BCUT2D eigenvalue weighted by Gasteiger charge is 2.43. The van der Waals surface area contributed by atoms with E-state index in [-0.39, 0.29) is 0 Å². The highest BCUT2D eigenvalue weighted by atomic mass is 16.4. The third-order valence-electron chi connectivity index (χ3n) is 5.87. The molecule has 0 spiro atoms. The molecule has 22 heavy (non-hydrogen) atoms. The highest BCUT2D eigenvalue weighted by molar-refractivity contribution is 5.90. The number of fused-ring (bicyclic) bond motifs is 2. The van der Waals surface area contributed by atoms with Gasteiger partial charge < -0.3 is 5.11 Å². The van der Waals surface area contributed by atoms with Crippen LogP contribution in [0.25, 0.3) is 10.8 Å². The molecule has 2 aliphatic rings. The molecule has 2 nitrogen and oxygen atoms in total. The molecule has 0 aromatic heterocycles. The predicted molar refractivity (Wildman–Crippen MR) is 88.4 cm³/mol. The fourth-order valence-electron chi connectivity index (χ4n) is 4.10. The largest absolute Gasteiger partial charge is 0.481 e. The monoisotopic (exact) mass is 294 g/mol. The maximum Gasteiger partial charge on any atom is 0.310 e. The number of aryl methyl sites for hydroxylation is 1. The van der Waals surface area contributed by atoms with Crippen LogP contribution in [0.3, 0.4) is 0 Å². The van der Waals surface area contributed by atoms with Gasteiger partial charge in [0.1, 0.15) is 0 Å². The Kier molecular flexibility index (Phi) is 2.87. The second kappa shape index (κ2) is 4.58. The molecule has 1 fully saturated rings. The minimum absolute atomic E-state index is 0.593.